The molecule has 0 aromatic carbocycles. The Morgan fingerprint density at radius 1 is 1.35 bits per heavy atom. The zero-order valence-electron chi connectivity index (χ0n) is 10.8. The van der Waals surface area contributed by atoms with Crippen molar-refractivity contribution in [2.24, 2.45) is 11.8 Å². The van der Waals surface area contributed by atoms with Gasteiger partial charge in [-0.15, -0.1) is 0 Å². The van der Waals surface area contributed by atoms with Crippen molar-refractivity contribution in [3.8, 4) is 0 Å². The summed E-state index contributed by atoms with van der Waals surface area (Å²) in [6, 6.07) is 0.0518. The number of rotatable bonds is 4. The number of aliphatic carboxylic acids is 1. The summed E-state index contributed by atoms with van der Waals surface area (Å²) < 4.78 is 0. The third-order valence-corrected chi connectivity index (χ3v) is 3.53. The van der Waals surface area contributed by atoms with Crippen molar-refractivity contribution in [3.63, 3.8) is 0 Å². The van der Waals surface area contributed by atoms with Gasteiger partial charge < -0.3 is 15.3 Å². The lowest BCUT2D eigenvalue weighted by molar-refractivity contribution is -0.142. The molecule has 0 unspecified atom stereocenters. The van der Waals surface area contributed by atoms with Gasteiger partial charge in [-0.05, 0) is 18.8 Å². The predicted molar refractivity (Wildman–Crippen MR) is 64.8 cm³/mol. The maximum absolute atomic E-state index is 11.9. The number of hydrogen-bond acceptors (Lipinski definition) is 2. The molecule has 1 heterocycles. The highest BCUT2D eigenvalue weighted by Crippen LogP contribution is 2.23. The molecule has 1 aliphatic rings. The monoisotopic (exact) mass is 242 g/mol. The van der Waals surface area contributed by atoms with Crippen LogP contribution in [0.4, 0.5) is 4.79 Å². The topological polar surface area (TPSA) is 69.6 Å². The first-order valence-electron chi connectivity index (χ1n) is 6.27. The summed E-state index contributed by atoms with van der Waals surface area (Å²) in [5.74, 6) is -1.21. The first-order chi connectivity index (χ1) is 7.99. The van der Waals surface area contributed by atoms with Gasteiger partial charge in [0, 0.05) is 19.1 Å². The first-order valence-corrected chi connectivity index (χ1v) is 6.27. The van der Waals surface area contributed by atoms with Crippen LogP contribution in [0.15, 0.2) is 0 Å². The number of carboxylic acid groups (broad SMARTS) is 1. The van der Waals surface area contributed by atoms with Crippen LogP contribution in [-0.4, -0.2) is 41.1 Å². The van der Waals surface area contributed by atoms with Crippen LogP contribution in [0.5, 0.6) is 0 Å². The van der Waals surface area contributed by atoms with E-state index in [0.717, 1.165) is 12.8 Å². The summed E-state index contributed by atoms with van der Waals surface area (Å²) in [6.07, 6.45) is 1.79. The van der Waals surface area contributed by atoms with Crippen molar-refractivity contribution in [1.82, 2.24) is 10.2 Å². The molecule has 0 saturated carbocycles. The molecule has 0 bridgehead atoms. The van der Waals surface area contributed by atoms with Crippen LogP contribution in [-0.2, 0) is 4.79 Å². The third kappa shape index (κ3) is 3.35. The lowest BCUT2D eigenvalue weighted by Gasteiger charge is -2.21. The average molecular weight is 242 g/mol. The van der Waals surface area contributed by atoms with E-state index in [9.17, 15) is 9.59 Å². The van der Waals surface area contributed by atoms with E-state index in [0.29, 0.717) is 13.1 Å². The molecular formula is C12H22N2O3. The molecule has 17 heavy (non-hydrogen) atoms. The average Bonchev–Trinajstić information content (AvgIpc) is 2.68. The third-order valence-electron chi connectivity index (χ3n) is 3.53. The Hall–Kier alpha value is -1.26. The van der Waals surface area contributed by atoms with Crippen LogP contribution in [0.3, 0.4) is 0 Å². The quantitative estimate of drug-likeness (QED) is 0.785. The van der Waals surface area contributed by atoms with Crippen LogP contribution in [0.1, 0.15) is 33.6 Å². The maximum atomic E-state index is 11.9. The van der Waals surface area contributed by atoms with Gasteiger partial charge in [0.15, 0.2) is 0 Å². The molecular weight excluding hydrogens is 220 g/mol. The molecule has 1 fully saturated rings. The zero-order chi connectivity index (χ0) is 13.0. The molecule has 0 aromatic heterocycles. The Balaban J connectivity index is 2.52. The van der Waals surface area contributed by atoms with Gasteiger partial charge in [0.05, 0.1) is 5.92 Å². The normalized spacial score (nSPS) is 24.1. The highest BCUT2D eigenvalue weighted by Gasteiger charge is 2.37. The van der Waals surface area contributed by atoms with E-state index in [1.165, 1.54) is 0 Å². The summed E-state index contributed by atoms with van der Waals surface area (Å²) in [6.45, 7) is 6.79. The fraction of sp³-hybridized carbons (Fsp3) is 0.833. The summed E-state index contributed by atoms with van der Waals surface area (Å²) in [7, 11) is 0. The predicted octanol–water partition coefficient (Wildman–Crippen LogP) is 1.54. The smallest absolute Gasteiger partial charge is 0.317 e. The van der Waals surface area contributed by atoms with Gasteiger partial charge in [0.25, 0.3) is 0 Å². The SMILES string of the molecule is CCC(CC)NC(=O)N1C[C@@H](C)[C@H](C(=O)O)C1. The summed E-state index contributed by atoms with van der Waals surface area (Å²) in [5, 5.41) is 11.9. The van der Waals surface area contributed by atoms with Crippen LogP contribution >= 0.6 is 0 Å². The van der Waals surface area contributed by atoms with E-state index in [-0.39, 0.29) is 18.0 Å². The Kier molecular flexibility index (Phi) is 4.78. The van der Waals surface area contributed by atoms with Gasteiger partial charge in [-0.25, -0.2) is 4.79 Å². The Morgan fingerprint density at radius 2 is 1.94 bits per heavy atom. The number of hydrogen-bond donors (Lipinski definition) is 2. The number of amides is 2. The fourth-order valence-electron chi connectivity index (χ4n) is 2.21. The molecule has 98 valence electrons. The summed E-state index contributed by atoms with van der Waals surface area (Å²) >= 11 is 0. The second kappa shape index (κ2) is 5.89. The van der Waals surface area contributed by atoms with Gasteiger partial charge in [-0.1, -0.05) is 20.8 Å². The summed E-state index contributed by atoms with van der Waals surface area (Å²) in [5.41, 5.74) is 0. The van der Waals surface area contributed by atoms with E-state index < -0.39 is 11.9 Å². The van der Waals surface area contributed by atoms with Crippen molar-refractivity contribution >= 4 is 12.0 Å². The first kappa shape index (κ1) is 13.8. The highest BCUT2D eigenvalue weighted by atomic mass is 16.4. The van der Waals surface area contributed by atoms with Gasteiger partial charge in [-0.2, -0.15) is 0 Å². The lowest BCUT2D eigenvalue weighted by atomic mass is 9.99. The molecule has 0 spiro atoms. The van der Waals surface area contributed by atoms with Crippen LogP contribution in [0, 0.1) is 11.8 Å². The number of carbonyl (C=O) groups is 2. The van der Waals surface area contributed by atoms with E-state index >= 15 is 0 Å². The number of nitrogens with one attached hydrogen (secondary N) is 1. The number of carbonyl (C=O) groups excluding carboxylic acids is 1. The lowest BCUT2D eigenvalue weighted by Crippen LogP contribution is -2.43. The van der Waals surface area contributed by atoms with Crippen molar-refractivity contribution in [1.29, 1.82) is 0 Å². The molecule has 2 atom stereocenters. The second-order valence-corrected chi connectivity index (χ2v) is 4.79. The van der Waals surface area contributed by atoms with Crippen LogP contribution in [0.25, 0.3) is 0 Å². The van der Waals surface area contributed by atoms with Gasteiger partial charge in [-0.3, -0.25) is 4.79 Å². The molecule has 5 nitrogen and oxygen atoms in total. The van der Waals surface area contributed by atoms with Crippen molar-refractivity contribution in [2.75, 3.05) is 13.1 Å². The molecule has 5 heteroatoms. The maximum Gasteiger partial charge on any atom is 0.317 e. The highest BCUT2D eigenvalue weighted by molar-refractivity contribution is 5.77. The molecule has 1 saturated heterocycles. The Labute approximate surface area is 102 Å². The van der Waals surface area contributed by atoms with E-state index in [1.54, 1.807) is 4.90 Å². The van der Waals surface area contributed by atoms with Crippen LogP contribution < -0.4 is 5.32 Å². The molecule has 0 aliphatic carbocycles. The molecule has 2 amide bonds. The molecule has 0 radical (unpaired) electrons. The number of urea groups is 1. The molecule has 2 N–H and O–H groups in total. The largest absolute Gasteiger partial charge is 0.481 e. The molecule has 1 rings (SSSR count). The second-order valence-electron chi connectivity index (χ2n) is 4.79. The van der Waals surface area contributed by atoms with E-state index in [1.807, 2.05) is 20.8 Å². The van der Waals surface area contributed by atoms with Crippen LogP contribution in [0.2, 0.25) is 0 Å². The fourth-order valence-corrected chi connectivity index (χ4v) is 2.21. The van der Waals surface area contributed by atoms with Gasteiger partial charge >= 0.3 is 12.0 Å². The van der Waals surface area contributed by atoms with Crippen molar-refractivity contribution in [2.45, 2.75) is 39.7 Å². The van der Waals surface area contributed by atoms with E-state index in [2.05, 4.69) is 5.32 Å². The summed E-state index contributed by atoms with van der Waals surface area (Å²) in [4.78, 5) is 24.5. The standard InChI is InChI=1S/C12H22N2O3/c1-4-9(5-2)13-12(17)14-6-8(3)10(7-14)11(15)16/h8-10H,4-7H2,1-3H3,(H,13,17)(H,15,16)/t8-,10-/m1/s1. The zero-order valence-corrected chi connectivity index (χ0v) is 10.8. The number of likely N-dealkylation sites (tertiary alicyclic amines) is 1. The molecule has 1 aliphatic heterocycles. The minimum atomic E-state index is -0.810. The number of carboxylic acids is 1. The Morgan fingerprint density at radius 3 is 2.35 bits per heavy atom. The number of nitrogens with zero attached hydrogens (tertiary/aromatic N) is 1. The van der Waals surface area contributed by atoms with Crippen molar-refractivity contribution in [3.05, 3.63) is 0 Å². The van der Waals surface area contributed by atoms with E-state index in [4.69, 9.17) is 5.11 Å². The van der Waals surface area contributed by atoms with Gasteiger partial charge in [0.2, 0.25) is 0 Å². The van der Waals surface area contributed by atoms with Crippen molar-refractivity contribution < 1.29 is 14.7 Å². The Bertz CT molecular complexity index is 289. The minimum Gasteiger partial charge on any atom is -0.481 e. The molecule has 0 aromatic rings. The van der Waals surface area contributed by atoms with Gasteiger partial charge in [0.1, 0.15) is 0 Å². The minimum absolute atomic E-state index is 0.0277.